The highest BCUT2D eigenvalue weighted by Crippen LogP contribution is 2.25. The van der Waals surface area contributed by atoms with Gasteiger partial charge in [-0.1, -0.05) is 30.3 Å². The van der Waals surface area contributed by atoms with Crippen molar-refractivity contribution >= 4 is 50.9 Å². The molecule has 0 spiro atoms. The average molecular weight is 491 g/mol. The Bertz CT molecular complexity index is 910. The van der Waals surface area contributed by atoms with Crippen LogP contribution in [0.25, 0.3) is 11.3 Å². The normalized spacial score (nSPS) is 10.4. The Morgan fingerprint density at radius 1 is 1.04 bits per heavy atom. The van der Waals surface area contributed by atoms with Crippen molar-refractivity contribution in [2.45, 2.75) is 12.8 Å². The Kier molecular flexibility index (Phi) is 6.94. The van der Waals surface area contributed by atoms with Crippen LogP contribution in [0.15, 0.2) is 60.0 Å². The first-order valence-electron chi connectivity index (χ1n) is 8.46. The lowest BCUT2D eigenvalue weighted by Gasteiger charge is -2.05. The zero-order valence-electron chi connectivity index (χ0n) is 14.4. The van der Waals surface area contributed by atoms with E-state index in [9.17, 15) is 9.59 Å². The number of anilines is 1. The third-order valence-corrected chi connectivity index (χ3v) is 5.27. The van der Waals surface area contributed by atoms with Gasteiger partial charge in [-0.2, -0.15) is 0 Å². The number of hydrogen-bond donors (Lipinski definition) is 2. The third kappa shape index (κ3) is 5.86. The van der Waals surface area contributed by atoms with E-state index in [0.717, 1.165) is 11.3 Å². The van der Waals surface area contributed by atoms with Gasteiger partial charge in [0.05, 0.1) is 5.69 Å². The molecule has 0 saturated carbocycles. The van der Waals surface area contributed by atoms with Crippen molar-refractivity contribution in [1.82, 2.24) is 10.3 Å². The topological polar surface area (TPSA) is 71.1 Å². The standard InChI is InChI=1S/C20H18IN3O2S/c21-16-10-8-14(9-11-16)17-13-27-20(23-17)24-18(25)7-4-12-22-19(26)15-5-2-1-3-6-15/h1-3,5-6,8-11,13H,4,7,12H2,(H,22,26)(H,23,24,25). The molecular weight excluding hydrogens is 473 g/mol. The smallest absolute Gasteiger partial charge is 0.251 e. The molecule has 0 fully saturated rings. The van der Waals surface area contributed by atoms with Crippen molar-refractivity contribution in [2.75, 3.05) is 11.9 Å². The number of amides is 2. The Labute approximate surface area is 175 Å². The van der Waals surface area contributed by atoms with Crippen molar-refractivity contribution in [1.29, 1.82) is 0 Å². The van der Waals surface area contributed by atoms with Crippen LogP contribution in [0.4, 0.5) is 5.13 Å². The molecule has 3 rings (SSSR count). The fourth-order valence-corrected chi connectivity index (χ4v) is 3.50. The summed E-state index contributed by atoms with van der Waals surface area (Å²) in [5, 5.41) is 8.15. The van der Waals surface area contributed by atoms with Crippen LogP contribution in [0.2, 0.25) is 0 Å². The minimum absolute atomic E-state index is 0.104. The maximum atomic E-state index is 12.1. The summed E-state index contributed by atoms with van der Waals surface area (Å²) in [6.45, 7) is 0.451. The van der Waals surface area contributed by atoms with Crippen LogP contribution in [0, 0.1) is 3.57 Å². The molecule has 2 N–H and O–H groups in total. The van der Waals surface area contributed by atoms with Gasteiger partial charge < -0.3 is 10.6 Å². The van der Waals surface area contributed by atoms with Crippen LogP contribution in [-0.4, -0.2) is 23.3 Å². The van der Waals surface area contributed by atoms with E-state index >= 15 is 0 Å². The summed E-state index contributed by atoms with van der Waals surface area (Å²) in [5.41, 5.74) is 2.49. The molecule has 0 aliphatic heterocycles. The number of benzene rings is 2. The zero-order valence-corrected chi connectivity index (χ0v) is 17.4. The Hall–Kier alpha value is -2.26. The monoisotopic (exact) mass is 491 g/mol. The number of carbonyl (C=O) groups is 2. The first-order valence-corrected chi connectivity index (χ1v) is 10.4. The molecule has 138 valence electrons. The number of nitrogens with zero attached hydrogens (tertiary/aromatic N) is 1. The highest BCUT2D eigenvalue weighted by atomic mass is 127. The van der Waals surface area contributed by atoms with Gasteiger partial charge in [-0.3, -0.25) is 9.59 Å². The molecule has 0 bridgehead atoms. The number of nitrogens with one attached hydrogen (secondary N) is 2. The summed E-state index contributed by atoms with van der Waals surface area (Å²) in [4.78, 5) is 28.4. The summed E-state index contributed by atoms with van der Waals surface area (Å²) in [7, 11) is 0. The lowest BCUT2D eigenvalue weighted by atomic mass is 10.2. The van der Waals surface area contributed by atoms with E-state index in [4.69, 9.17) is 0 Å². The maximum Gasteiger partial charge on any atom is 0.251 e. The highest BCUT2D eigenvalue weighted by Gasteiger charge is 2.09. The molecule has 2 aromatic carbocycles. The van der Waals surface area contributed by atoms with Gasteiger partial charge in [-0.15, -0.1) is 11.3 Å². The Morgan fingerprint density at radius 3 is 2.52 bits per heavy atom. The molecule has 7 heteroatoms. The predicted octanol–water partition coefficient (Wildman–Crippen LogP) is 4.56. The summed E-state index contributed by atoms with van der Waals surface area (Å²) >= 11 is 3.66. The molecule has 5 nitrogen and oxygen atoms in total. The number of aromatic nitrogens is 1. The van der Waals surface area contributed by atoms with E-state index in [1.54, 1.807) is 12.1 Å². The molecule has 0 aliphatic rings. The lowest BCUT2D eigenvalue weighted by molar-refractivity contribution is -0.116. The Balaban J connectivity index is 1.42. The molecule has 0 radical (unpaired) electrons. The van der Waals surface area contributed by atoms with Crippen LogP contribution in [0.1, 0.15) is 23.2 Å². The largest absolute Gasteiger partial charge is 0.352 e. The van der Waals surface area contributed by atoms with Crippen molar-refractivity contribution in [2.24, 2.45) is 0 Å². The Morgan fingerprint density at radius 2 is 1.78 bits per heavy atom. The van der Waals surface area contributed by atoms with Gasteiger partial charge in [0.15, 0.2) is 5.13 Å². The minimum atomic E-state index is -0.127. The molecule has 1 heterocycles. The molecule has 2 amide bonds. The van der Waals surface area contributed by atoms with Gasteiger partial charge in [0.2, 0.25) is 5.91 Å². The van der Waals surface area contributed by atoms with Crippen molar-refractivity contribution in [3.8, 4) is 11.3 Å². The van der Waals surface area contributed by atoms with E-state index in [2.05, 4.69) is 38.2 Å². The summed E-state index contributed by atoms with van der Waals surface area (Å²) in [5.74, 6) is -0.231. The predicted molar refractivity (Wildman–Crippen MR) is 117 cm³/mol. The molecule has 0 saturated heterocycles. The van der Waals surface area contributed by atoms with Gasteiger partial charge in [0, 0.05) is 33.0 Å². The molecule has 0 unspecified atom stereocenters. The van der Waals surface area contributed by atoms with E-state index in [1.807, 2.05) is 47.8 Å². The quantitative estimate of drug-likeness (QED) is 0.376. The molecule has 3 aromatic rings. The average Bonchev–Trinajstić information content (AvgIpc) is 3.14. The van der Waals surface area contributed by atoms with Gasteiger partial charge >= 0.3 is 0 Å². The number of rotatable bonds is 7. The number of thiazole rings is 1. The van der Waals surface area contributed by atoms with E-state index < -0.39 is 0 Å². The molecule has 1 aromatic heterocycles. The van der Waals surface area contributed by atoms with Crippen LogP contribution in [0.5, 0.6) is 0 Å². The number of halogens is 1. The summed E-state index contributed by atoms with van der Waals surface area (Å²) in [6.07, 6.45) is 0.896. The van der Waals surface area contributed by atoms with E-state index in [0.29, 0.717) is 30.1 Å². The van der Waals surface area contributed by atoms with Crippen LogP contribution in [-0.2, 0) is 4.79 Å². The number of hydrogen-bond acceptors (Lipinski definition) is 4. The molecule has 27 heavy (non-hydrogen) atoms. The lowest BCUT2D eigenvalue weighted by Crippen LogP contribution is -2.25. The zero-order chi connectivity index (χ0) is 19.1. The van der Waals surface area contributed by atoms with E-state index in [-0.39, 0.29) is 11.8 Å². The fourth-order valence-electron chi connectivity index (χ4n) is 2.41. The first kappa shape index (κ1) is 19.5. The van der Waals surface area contributed by atoms with Gasteiger partial charge in [0.1, 0.15) is 0 Å². The van der Waals surface area contributed by atoms with Gasteiger partial charge in [0.25, 0.3) is 5.91 Å². The summed E-state index contributed by atoms with van der Waals surface area (Å²) < 4.78 is 1.17. The number of carbonyl (C=O) groups excluding carboxylic acids is 2. The van der Waals surface area contributed by atoms with Crippen LogP contribution >= 0.6 is 33.9 Å². The highest BCUT2D eigenvalue weighted by molar-refractivity contribution is 14.1. The molecule has 0 aliphatic carbocycles. The second kappa shape index (κ2) is 9.61. The SMILES string of the molecule is O=C(CCCNC(=O)c1ccccc1)Nc1nc(-c2ccc(I)cc2)cs1. The van der Waals surface area contributed by atoms with Gasteiger partial charge in [-0.25, -0.2) is 4.98 Å². The maximum absolute atomic E-state index is 12.1. The second-order valence-corrected chi connectivity index (χ2v) is 7.92. The van der Waals surface area contributed by atoms with Crippen molar-refractivity contribution in [3.63, 3.8) is 0 Å². The minimum Gasteiger partial charge on any atom is -0.352 e. The van der Waals surface area contributed by atoms with Crippen molar-refractivity contribution < 1.29 is 9.59 Å². The molecule has 0 atom stereocenters. The van der Waals surface area contributed by atoms with Crippen molar-refractivity contribution in [3.05, 3.63) is 69.1 Å². The van der Waals surface area contributed by atoms with Gasteiger partial charge in [-0.05, 0) is 53.3 Å². The van der Waals surface area contributed by atoms with Crippen LogP contribution < -0.4 is 10.6 Å². The third-order valence-electron chi connectivity index (χ3n) is 3.79. The van der Waals surface area contributed by atoms with Crippen LogP contribution in [0.3, 0.4) is 0 Å². The summed E-state index contributed by atoms with van der Waals surface area (Å²) in [6, 6.07) is 17.1. The molecular formula is C20H18IN3O2S. The second-order valence-electron chi connectivity index (χ2n) is 5.82. The van der Waals surface area contributed by atoms with E-state index in [1.165, 1.54) is 14.9 Å². The fraction of sp³-hybridized carbons (Fsp3) is 0.150. The first-order chi connectivity index (χ1) is 13.1.